The largest absolute Gasteiger partial charge is 0.324 e. The molecule has 3 rings (SSSR count). The minimum absolute atomic E-state index is 0.0287. The standard InChI is InChI=1S/C16H16N2S/c1-11-9-18-7-6-13(11)15(17)8-12-10-19-16-5-3-2-4-14(12)16/h2-7,9-10,15H,8,17H2,1H3. The van der Waals surface area contributed by atoms with Crippen LogP contribution in [-0.2, 0) is 6.42 Å². The molecule has 0 aliphatic carbocycles. The van der Waals surface area contributed by atoms with Gasteiger partial charge in [0, 0.05) is 23.1 Å². The Balaban J connectivity index is 1.91. The van der Waals surface area contributed by atoms with Gasteiger partial charge in [0.05, 0.1) is 0 Å². The average Bonchev–Trinajstić information content (AvgIpc) is 2.83. The zero-order valence-corrected chi connectivity index (χ0v) is 11.7. The lowest BCUT2D eigenvalue weighted by Gasteiger charge is -2.13. The van der Waals surface area contributed by atoms with E-state index < -0.39 is 0 Å². The Kier molecular flexibility index (Phi) is 3.32. The van der Waals surface area contributed by atoms with Crippen LogP contribution in [0, 0.1) is 6.92 Å². The number of hydrogen-bond acceptors (Lipinski definition) is 3. The molecule has 0 aliphatic heterocycles. The third kappa shape index (κ3) is 2.39. The van der Waals surface area contributed by atoms with E-state index in [9.17, 15) is 0 Å². The molecule has 0 spiro atoms. The number of pyridine rings is 1. The van der Waals surface area contributed by atoms with E-state index in [1.807, 2.05) is 18.5 Å². The molecule has 2 nitrogen and oxygen atoms in total. The summed E-state index contributed by atoms with van der Waals surface area (Å²) in [4.78, 5) is 4.12. The molecule has 0 saturated heterocycles. The summed E-state index contributed by atoms with van der Waals surface area (Å²) in [7, 11) is 0. The summed E-state index contributed by atoms with van der Waals surface area (Å²) in [5.74, 6) is 0. The fraction of sp³-hybridized carbons (Fsp3) is 0.188. The van der Waals surface area contributed by atoms with Gasteiger partial charge >= 0.3 is 0 Å². The van der Waals surface area contributed by atoms with Crippen LogP contribution < -0.4 is 5.73 Å². The van der Waals surface area contributed by atoms with Gasteiger partial charge in [-0.2, -0.15) is 0 Å². The van der Waals surface area contributed by atoms with Gasteiger partial charge in [-0.3, -0.25) is 4.98 Å². The smallest absolute Gasteiger partial charge is 0.0345 e. The molecule has 3 aromatic rings. The van der Waals surface area contributed by atoms with Crippen molar-refractivity contribution in [2.45, 2.75) is 19.4 Å². The van der Waals surface area contributed by atoms with E-state index in [0.29, 0.717) is 0 Å². The fourth-order valence-electron chi connectivity index (χ4n) is 2.44. The van der Waals surface area contributed by atoms with E-state index in [4.69, 9.17) is 5.73 Å². The Morgan fingerprint density at radius 1 is 1.26 bits per heavy atom. The van der Waals surface area contributed by atoms with Crippen molar-refractivity contribution in [3.63, 3.8) is 0 Å². The first-order chi connectivity index (χ1) is 9.25. The number of aromatic nitrogens is 1. The summed E-state index contributed by atoms with van der Waals surface area (Å²) in [5.41, 5.74) is 10.0. The fourth-order valence-corrected chi connectivity index (χ4v) is 3.41. The first kappa shape index (κ1) is 12.3. The van der Waals surface area contributed by atoms with E-state index in [1.165, 1.54) is 21.2 Å². The SMILES string of the molecule is Cc1cnccc1C(N)Cc1csc2ccccc12. The molecule has 1 atom stereocenters. The normalized spacial score (nSPS) is 12.7. The highest BCUT2D eigenvalue weighted by atomic mass is 32.1. The van der Waals surface area contributed by atoms with E-state index in [1.54, 1.807) is 11.3 Å². The third-order valence-electron chi connectivity index (χ3n) is 3.46. The van der Waals surface area contributed by atoms with Crippen molar-refractivity contribution in [2.75, 3.05) is 0 Å². The summed E-state index contributed by atoms with van der Waals surface area (Å²) < 4.78 is 1.33. The highest BCUT2D eigenvalue weighted by Crippen LogP contribution is 2.29. The van der Waals surface area contributed by atoms with Crippen molar-refractivity contribution >= 4 is 21.4 Å². The van der Waals surface area contributed by atoms with Gasteiger partial charge in [0.1, 0.15) is 0 Å². The predicted molar refractivity (Wildman–Crippen MR) is 81.4 cm³/mol. The van der Waals surface area contributed by atoms with Crippen LogP contribution in [0.15, 0.2) is 48.1 Å². The molecule has 2 heterocycles. The van der Waals surface area contributed by atoms with Crippen molar-refractivity contribution in [1.29, 1.82) is 0 Å². The number of rotatable bonds is 3. The Labute approximate surface area is 116 Å². The van der Waals surface area contributed by atoms with Crippen LogP contribution >= 0.6 is 11.3 Å². The van der Waals surface area contributed by atoms with Crippen LogP contribution in [0.4, 0.5) is 0 Å². The number of fused-ring (bicyclic) bond motifs is 1. The monoisotopic (exact) mass is 268 g/mol. The summed E-state index contributed by atoms with van der Waals surface area (Å²) in [5, 5.41) is 3.55. The van der Waals surface area contributed by atoms with Crippen molar-refractivity contribution < 1.29 is 0 Å². The van der Waals surface area contributed by atoms with Gasteiger partial charge in [-0.25, -0.2) is 0 Å². The third-order valence-corrected chi connectivity index (χ3v) is 4.48. The van der Waals surface area contributed by atoms with Crippen LogP contribution in [0.25, 0.3) is 10.1 Å². The minimum atomic E-state index is 0.0287. The first-order valence-electron chi connectivity index (χ1n) is 6.37. The number of nitrogens with two attached hydrogens (primary N) is 1. The van der Waals surface area contributed by atoms with E-state index in [2.05, 4.69) is 41.6 Å². The van der Waals surface area contributed by atoms with E-state index in [0.717, 1.165) is 12.0 Å². The first-order valence-corrected chi connectivity index (χ1v) is 7.25. The molecule has 0 fully saturated rings. The van der Waals surface area contributed by atoms with Crippen molar-refractivity contribution in [1.82, 2.24) is 4.98 Å². The molecule has 2 N–H and O–H groups in total. The molecule has 1 aromatic carbocycles. The number of thiophene rings is 1. The van der Waals surface area contributed by atoms with Gasteiger partial charge in [-0.1, -0.05) is 18.2 Å². The van der Waals surface area contributed by atoms with Gasteiger partial charge in [-0.05, 0) is 52.9 Å². The van der Waals surface area contributed by atoms with Gasteiger partial charge < -0.3 is 5.73 Å². The highest BCUT2D eigenvalue weighted by Gasteiger charge is 2.12. The molecule has 0 bridgehead atoms. The number of aryl methyl sites for hydroxylation is 1. The lowest BCUT2D eigenvalue weighted by atomic mass is 9.97. The molecule has 1 unspecified atom stereocenters. The summed E-state index contributed by atoms with van der Waals surface area (Å²) in [6.45, 7) is 2.06. The Morgan fingerprint density at radius 2 is 2.11 bits per heavy atom. The van der Waals surface area contributed by atoms with Gasteiger partial charge in [0.2, 0.25) is 0 Å². The van der Waals surface area contributed by atoms with Gasteiger partial charge in [-0.15, -0.1) is 11.3 Å². The number of benzene rings is 1. The summed E-state index contributed by atoms with van der Waals surface area (Å²) in [6.07, 6.45) is 4.56. The Morgan fingerprint density at radius 3 is 2.95 bits per heavy atom. The zero-order valence-electron chi connectivity index (χ0n) is 10.8. The second-order valence-corrected chi connectivity index (χ2v) is 5.71. The highest BCUT2D eigenvalue weighted by molar-refractivity contribution is 7.17. The van der Waals surface area contributed by atoms with Gasteiger partial charge in [0.15, 0.2) is 0 Å². The molecule has 0 aliphatic rings. The molecule has 2 aromatic heterocycles. The molecule has 19 heavy (non-hydrogen) atoms. The second kappa shape index (κ2) is 5.11. The average molecular weight is 268 g/mol. The van der Waals surface area contributed by atoms with Crippen LogP contribution in [0.3, 0.4) is 0 Å². The molecular weight excluding hydrogens is 252 g/mol. The lowest BCUT2D eigenvalue weighted by molar-refractivity contribution is 0.719. The topological polar surface area (TPSA) is 38.9 Å². The predicted octanol–water partition coefficient (Wildman–Crippen LogP) is 3.85. The number of hydrogen-bond donors (Lipinski definition) is 1. The van der Waals surface area contributed by atoms with Crippen LogP contribution in [0.2, 0.25) is 0 Å². The van der Waals surface area contributed by atoms with Crippen LogP contribution in [0.1, 0.15) is 22.7 Å². The minimum Gasteiger partial charge on any atom is -0.324 e. The quantitative estimate of drug-likeness (QED) is 0.783. The van der Waals surface area contributed by atoms with Crippen molar-refractivity contribution in [2.24, 2.45) is 5.73 Å². The molecule has 0 radical (unpaired) electrons. The maximum atomic E-state index is 6.35. The lowest BCUT2D eigenvalue weighted by Crippen LogP contribution is -2.14. The van der Waals surface area contributed by atoms with Crippen molar-refractivity contribution in [3.05, 3.63) is 64.8 Å². The molecule has 3 heteroatoms. The van der Waals surface area contributed by atoms with E-state index >= 15 is 0 Å². The second-order valence-electron chi connectivity index (χ2n) is 4.80. The molecule has 96 valence electrons. The maximum absolute atomic E-state index is 6.35. The van der Waals surface area contributed by atoms with E-state index in [-0.39, 0.29) is 6.04 Å². The zero-order chi connectivity index (χ0) is 13.2. The Bertz CT molecular complexity index is 703. The molecule has 0 amide bonds. The van der Waals surface area contributed by atoms with Gasteiger partial charge in [0.25, 0.3) is 0 Å². The van der Waals surface area contributed by atoms with Crippen LogP contribution in [0.5, 0.6) is 0 Å². The molecular formula is C16H16N2S. The van der Waals surface area contributed by atoms with Crippen LogP contribution in [-0.4, -0.2) is 4.98 Å². The molecule has 0 saturated carbocycles. The maximum Gasteiger partial charge on any atom is 0.0345 e. The summed E-state index contributed by atoms with van der Waals surface area (Å²) >= 11 is 1.79. The number of nitrogens with zero attached hydrogens (tertiary/aromatic N) is 1. The Hall–Kier alpha value is -1.71. The van der Waals surface area contributed by atoms with Crippen molar-refractivity contribution in [3.8, 4) is 0 Å². The summed E-state index contributed by atoms with van der Waals surface area (Å²) in [6, 6.07) is 10.5.